The van der Waals surface area contributed by atoms with Gasteiger partial charge in [-0.25, -0.2) is 22.0 Å². The molecule has 2 aromatic carbocycles. The van der Waals surface area contributed by atoms with Crippen molar-refractivity contribution >= 4 is 17.5 Å². The lowest BCUT2D eigenvalue weighted by Crippen LogP contribution is -2.31. The molecule has 0 bridgehead atoms. The molecule has 0 saturated heterocycles. The first-order chi connectivity index (χ1) is 13.2. The monoisotopic (exact) mass is 405 g/mol. The predicted molar refractivity (Wildman–Crippen MR) is 85.0 cm³/mol. The fourth-order valence-electron chi connectivity index (χ4n) is 1.98. The van der Waals surface area contributed by atoms with Crippen molar-refractivity contribution in [2.75, 3.05) is 19.1 Å². The fraction of sp³-hybridized carbons (Fsp3) is 0.125. The van der Waals surface area contributed by atoms with Gasteiger partial charge in [-0.3, -0.25) is 20.4 Å². The Bertz CT molecular complexity index is 910. The molecule has 0 spiro atoms. The van der Waals surface area contributed by atoms with Crippen LogP contribution in [-0.2, 0) is 4.79 Å². The molecular formula is C16H12F5N3O4. The first kappa shape index (κ1) is 20.7. The van der Waals surface area contributed by atoms with Gasteiger partial charge >= 0.3 is 0 Å². The van der Waals surface area contributed by atoms with Crippen LogP contribution in [0, 0.1) is 29.1 Å². The van der Waals surface area contributed by atoms with E-state index in [-0.39, 0.29) is 17.1 Å². The Balaban J connectivity index is 2.19. The molecule has 2 amide bonds. The Kier molecular flexibility index (Phi) is 6.23. The summed E-state index contributed by atoms with van der Waals surface area (Å²) >= 11 is 0. The van der Waals surface area contributed by atoms with E-state index in [1.807, 2.05) is 0 Å². The third-order valence-electron chi connectivity index (χ3n) is 3.31. The van der Waals surface area contributed by atoms with Crippen LogP contribution in [0.1, 0.15) is 10.4 Å². The van der Waals surface area contributed by atoms with E-state index < -0.39 is 53.2 Å². The number of carbonyl (C=O) groups excluding carboxylic acids is 2. The van der Waals surface area contributed by atoms with Crippen molar-refractivity contribution in [1.29, 1.82) is 0 Å². The number of ether oxygens (including phenoxy) is 2. The minimum absolute atomic E-state index is 0.0186. The highest BCUT2D eigenvalue weighted by Crippen LogP contribution is 2.29. The molecule has 0 aliphatic heterocycles. The van der Waals surface area contributed by atoms with Gasteiger partial charge in [0.15, 0.2) is 41.4 Å². The molecule has 7 nitrogen and oxygen atoms in total. The second-order valence-electron chi connectivity index (χ2n) is 5.14. The van der Waals surface area contributed by atoms with Crippen LogP contribution >= 0.6 is 0 Å². The van der Waals surface area contributed by atoms with E-state index in [1.165, 1.54) is 19.2 Å². The molecule has 12 heteroatoms. The minimum Gasteiger partial charge on any atom is -0.493 e. The van der Waals surface area contributed by atoms with E-state index in [4.69, 9.17) is 15.2 Å². The second kappa shape index (κ2) is 8.41. The van der Waals surface area contributed by atoms with E-state index in [0.29, 0.717) is 0 Å². The Hall–Kier alpha value is -3.57. The molecule has 4 N–H and O–H groups in total. The molecule has 0 aromatic heterocycles. The molecular weight excluding hydrogens is 393 g/mol. The normalized spacial score (nSPS) is 10.4. The molecule has 0 fully saturated rings. The van der Waals surface area contributed by atoms with Crippen LogP contribution in [0.3, 0.4) is 0 Å². The number of anilines is 1. The first-order valence-electron chi connectivity index (χ1n) is 7.34. The summed E-state index contributed by atoms with van der Waals surface area (Å²) in [6, 6.07) is 3.58. The quantitative estimate of drug-likeness (QED) is 0.283. The van der Waals surface area contributed by atoms with Gasteiger partial charge in [-0.15, -0.1) is 0 Å². The van der Waals surface area contributed by atoms with Gasteiger partial charge in [0.1, 0.15) is 5.69 Å². The number of methoxy groups -OCH3 is 1. The number of rotatable bonds is 7. The molecule has 0 radical (unpaired) electrons. The van der Waals surface area contributed by atoms with Crippen molar-refractivity contribution < 1.29 is 41.0 Å². The standard InChI is InChI=1S/C16H12F5N3O4/c1-27-8-4-6(2-3-7(8)28-5-9(22)25)16(26)24-23-15-13(20)11(18)10(17)12(19)14(15)21/h2-4,23H,5H2,1H3,(H2,22,25)(H,24,26). The molecule has 150 valence electrons. The van der Waals surface area contributed by atoms with Gasteiger partial charge in [0.2, 0.25) is 5.82 Å². The lowest BCUT2D eigenvalue weighted by Gasteiger charge is -2.13. The maximum atomic E-state index is 13.6. The Morgan fingerprint density at radius 3 is 2.07 bits per heavy atom. The van der Waals surface area contributed by atoms with Crippen molar-refractivity contribution in [3.8, 4) is 11.5 Å². The molecule has 28 heavy (non-hydrogen) atoms. The van der Waals surface area contributed by atoms with Crippen molar-refractivity contribution in [2.45, 2.75) is 0 Å². The average molecular weight is 405 g/mol. The summed E-state index contributed by atoms with van der Waals surface area (Å²) in [7, 11) is 1.24. The lowest BCUT2D eigenvalue weighted by molar-refractivity contribution is -0.119. The minimum atomic E-state index is -2.33. The summed E-state index contributed by atoms with van der Waals surface area (Å²) in [6.45, 7) is -0.455. The number of nitrogens with two attached hydrogens (primary N) is 1. The number of nitrogens with one attached hydrogen (secondary N) is 2. The zero-order chi connectivity index (χ0) is 21.0. The summed E-state index contributed by atoms with van der Waals surface area (Å²) in [5, 5.41) is 0. The topological polar surface area (TPSA) is 103 Å². The molecule has 0 aliphatic rings. The number of amides is 2. The van der Waals surface area contributed by atoms with Crippen LogP contribution in [0.4, 0.5) is 27.6 Å². The van der Waals surface area contributed by atoms with Crippen LogP contribution in [0.5, 0.6) is 11.5 Å². The predicted octanol–water partition coefficient (Wildman–Crippen LogP) is 2.01. The summed E-state index contributed by atoms with van der Waals surface area (Å²) in [5.41, 5.74) is 6.83. The maximum Gasteiger partial charge on any atom is 0.269 e. The second-order valence-corrected chi connectivity index (χ2v) is 5.14. The molecule has 0 saturated carbocycles. The number of hydrogen-bond donors (Lipinski definition) is 3. The van der Waals surface area contributed by atoms with E-state index in [2.05, 4.69) is 0 Å². The van der Waals surface area contributed by atoms with Gasteiger partial charge < -0.3 is 15.2 Å². The van der Waals surface area contributed by atoms with E-state index in [1.54, 1.807) is 10.9 Å². The fourth-order valence-corrected chi connectivity index (χ4v) is 1.98. The Morgan fingerprint density at radius 2 is 1.54 bits per heavy atom. The number of hydrogen-bond acceptors (Lipinski definition) is 5. The van der Waals surface area contributed by atoms with E-state index >= 15 is 0 Å². The van der Waals surface area contributed by atoms with Gasteiger partial charge in [0.05, 0.1) is 7.11 Å². The summed E-state index contributed by atoms with van der Waals surface area (Å²) in [4.78, 5) is 22.8. The molecule has 0 aliphatic carbocycles. The number of primary amides is 1. The van der Waals surface area contributed by atoms with Gasteiger partial charge in [0, 0.05) is 5.56 Å². The van der Waals surface area contributed by atoms with Crippen LogP contribution < -0.4 is 26.1 Å². The molecule has 2 aromatic rings. The molecule has 0 heterocycles. The third-order valence-corrected chi connectivity index (χ3v) is 3.31. The molecule has 0 unspecified atom stereocenters. The lowest BCUT2D eigenvalue weighted by atomic mass is 10.2. The molecule has 2 rings (SSSR count). The van der Waals surface area contributed by atoms with Gasteiger partial charge in [-0.2, -0.15) is 0 Å². The van der Waals surface area contributed by atoms with Crippen LogP contribution in [0.25, 0.3) is 0 Å². The maximum absolute atomic E-state index is 13.6. The number of halogens is 5. The summed E-state index contributed by atoms with van der Waals surface area (Å²) in [6.07, 6.45) is 0. The number of benzene rings is 2. The van der Waals surface area contributed by atoms with Gasteiger partial charge in [0.25, 0.3) is 11.8 Å². The van der Waals surface area contributed by atoms with Crippen molar-refractivity contribution in [2.24, 2.45) is 5.73 Å². The number of carbonyl (C=O) groups is 2. The highest BCUT2D eigenvalue weighted by Gasteiger charge is 2.26. The van der Waals surface area contributed by atoms with E-state index in [0.717, 1.165) is 6.07 Å². The summed E-state index contributed by atoms with van der Waals surface area (Å²) in [5.74, 6) is -12.6. The third kappa shape index (κ3) is 4.22. The van der Waals surface area contributed by atoms with Gasteiger partial charge in [-0.05, 0) is 18.2 Å². The highest BCUT2D eigenvalue weighted by atomic mass is 19.2. The average Bonchev–Trinajstić information content (AvgIpc) is 2.68. The largest absolute Gasteiger partial charge is 0.493 e. The van der Waals surface area contributed by atoms with Crippen LogP contribution in [0.15, 0.2) is 18.2 Å². The van der Waals surface area contributed by atoms with Gasteiger partial charge in [-0.1, -0.05) is 0 Å². The van der Waals surface area contributed by atoms with Crippen molar-refractivity contribution in [3.05, 3.63) is 52.8 Å². The Labute approximate surface area is 154 Å². The SMILES string of the molecule is COc1cc(C(=O)NNc2c(F)c(F)c(F)c(F)c2F)ccc1OCC(N)=O. The zero-order valence-corrected chi connectivity index (χ0v) is 14.0. The smallest absolute Gasteiger partial charge is 0.269 e. The first-order valence-corrected chi connectivity index (χ1v) is 7.34. The van der Waals surface area contributed by atoms with E-state index in [9.17, 15) is 31.5 Å². The molecule has 0 atom stereocenters. The highest BCUT2D eigenvalue weighted by molar-refractivity contribution is 5.95. The van der Waals surface area contributed by atoms with Crippen LogP contribution in [-0.4, -0.2) is 25.5 Å². The Morgan fingerprint density at radius 1 is 0.964 bits per heavy atom. The summed E-state index contributed by atoms with van der Waals surface area (Å²) < 4.78 is 76.5. The van der Waals surface area contributed by atoms with Crippen molar-refractivity contribution in [3.63, 3.8) is 0 Å². The number of hydrazine groups is 1. The zero-order valence-electron chi connectivity index (χ0n) is 14.0. The van der Waals surface area contributed by atoms with Crippen molar-refractivity contribution in [1.82, 2.24) is 5.43 Å². The van der Waals surface area contributed by atoms with Crippen LogP contribution in [0.2, 0.25) is 0 Å².